The second-order valence-electron chi connectivity index (χ2n) is 9.13. The summed E-state index contributed by atoms with van der Waals surface area (Å²) in [4.78, 5) is 36.9. The standard InChI is InChI=1S/C27H34N2O6/c1-4-5-10-18(15-24(30)29-27(2,17-34-3)25(31)32)28-26(33)35-16-23-21-13-8-6-11-19(21)20-12-7-9-14-22(20)23/h6-9,11-14,18,23H,4-5,10,15-17H2,1-3H3,(H,28,33)(H,29,30)(H,31,32)/t18-,27?/m0/s1. The molecule has 35 heavy (non-hydrogen) atoms. The number of alkyl carbamates (subject to hydrolysis) is 1. The van der Waals surface area contributed by atoms with E-state index in [-0.39, 0.29) is 25.6 Å². The van der Waals surface area contributed by atoms with E-state index in [0.29, 0.717) is 6.42 Å². The zero-order valence-electron chi connectivity index (χ0n) is 20.5. The van der Waals surface area contributed by atoms with Crippen molar-refractivity contribution in [1.29, 1.82) is 0 Å². The van der Waals surface area contributed by atoms with Gasteiger partial charge in [0.2, 0.25) is 5.91 Å². The van der Waals surface area contributed by atoms with Gasteiger partial charge in [-0.3, -0.25) is 4.79 Å². The maximum absolute atomic E-state index is 12.7. The van der Waals surface area contributed by atoms with E-state index in [1.807, 2.05) is 31.2 Å². The van der Waals surface area contributed by atoms with Crippen LogP contribution in [0.3, 0.4) is 0 Å². The molecule has 0 heterocycles. The van der Waals surface area contributed by atoms with Gasteiger partial charge in [0.1, 0.15) is 6.61 Å². The summed E-state index contributed by atoms with van der Waals surface area (Å²) in [6, 6.07) is 15.7. The van der Waals surface area contributed by atoms with Gasteiger partial charge in [-0.1, -0.05) is 68.3 Å². The summed E-state index contributed by atoms with van der Waals surface area (Å²) in [5.41, 5.74) is 2.98. The number of carbonyl (C=O) groups is 3. The van der Waals surface area contributed by atoms with E-state index in [0.717, 1.165) is 35.1 Å². The lowest BCUT2D eigenvalue weighted by Crippen LogP contribution is -2.56. The maximum Gasteiger partial charge on any atom is 0.407 e. The van der Waals surface area contributed by atoms with Gasteiger partial charge in [-0.25, -0.2) is 9.59 Å². The molecule has 3 N–H and O–H groups in total. The molecule has 2 amide bonds. The quantitative estimate of drug-likeness (QED) is 0.420. The van der Waals surface area contributed by atoms with E-state index < -0.39 is 29.6 Å². The minimum Gasteiger partial charge on any atom is -0.479 e. The van der Waals surface area contributed by atoms with Crippen LogP contribution in [0.4, 0.5) is 4.79 Å². The number of rotatable bonds is 12. The molecule has 3 rings (SSSR count). The predicted octanol–water partition coefficient (Wildman–Crippen LogP) is 4.08. The van der Waals surface area contributed by atoms with Gasteiger partial charge in [-0.05, 0) is 35.6 Å². The molecule has 2 aromatic carbocycles. The topological polar surface area (TPSA) is 114 Å². The van der Waals surface area contributed by atoms with Crippen molar-refractivity contribution in [1.82, 2.24) is 10.6 Å². The molecule has 0 aromatic heterocycles. The third-order valence-corrected chi connectivity index (χ3v) is 6.32. The fourth-order valence-corrected chi connectivity index (χ4v) is 4.51. The fourth-order valence-electron chi connectivity index (χ4n) is 4.51. The predicted molar refractivity (Wildman–Crippen MR) is 132 cm³/mol. The maximum atomic E-state index is 12.7. The van der Waals surface area contributed by atoms with E-state index in [4.69, 9.17) is 9.47 Å². The van der Waals surface area contributed by atoms with Crippen LogP contribution in [0, 0.1) is 0 Å². The molecule has 2 atom stereocenters. The van der Waals surface area contributed by atoms with Crippen LogP contribution < -0.4 is 10.6 Å². The number of hydrogen-bond acceptors (Lipinski definition) is 5. The Labute approximate surface area is 206 Å². The van der Waals surface area contributed by atoms with Gasteiger partial charge in [-0.15, -0.1) is 0 Å². The molecule has 0 radical (unpaired) electrons. The van der Waals surface area contributed by atoms with Gasteiger partial charge in [0.15, 0.2) is 5.54 Å². The zero-order valence-corrected chi connectivity index (χ0v) is 20.5. The zero-order chi connectivity index (χ0) is 25.4. The van der Waals surface area contributed by atoms with E-state index in [9.17, 15) is 19.5 Å². The van der Waals surface area contributed by atoms with Crippen LogP contribution >= 0.6 is 0 Å². The molecule has 2 aromatic rings. The van der Waals surface area contributed by atoms with E-state index >= 15 is 0 Å². The van der Waals surface area contributed by atoms with Crippen molar-refractivity contribution in [3.63, 3.8) is 0 Å². The number of benzene rings is 2. The molecular weight excluding hydrogens is 448 g/mol. The van der Waals surface area contributed by atoms with Crippen LogP contribution in [0.15, 0.2) is 48.5 Å². The highest BCUT2D eigenvalue weighted by atomic mass is 16.5. The lowest BCUT2D eigenvalue weighted by molar-refractivity contribution is -0.149. The molecule has 0 saturated carbocycles. The number of carboxylic acids is 1. The number of fused-ring (bicyclic) bond motifs is 3. The van der Waals surface area contributed by atoms with Gasteiger partial charge in [0.25, 0.3) is 0 Å². The van der Waals surface area contributed by atoms with Crippen molar-refractivity contribution in [2.45, 2.75) is 57.0 Å². The minimum atomic E-state index is -1.55. The first kappa shape index (κ1) is 26.2. The van der Waals surface area contributed by atoms with Crippen LogP contribution in [0.1, 0.15) is 56.6 Å². The Bertz CT molecular complexity index is 1010. The molecule has 0 bridgehead atoms. The Kier molecular flexibility index (Phi) is 8.87. The van der Waals surface area contributed by atoms with E-state index in [2.05, 4.69) is 34.9 Å². The number of carbonyl (C=O) groups excluding carboxylic acids is 2. The fraction of sp³-hybridized carbons (Fsp3) is 0.444. The van der Waals surface area contributed by atoms with Crippen LogP contribution in [-0.4, -0.2) is 55.0 Å². The first-order valence-electron chi connectivity index (χ1n) is 11.9. The van der Waals surface area contributed by atoms with Gasteiger partial charge >= 0.3 is 12.1 Å². The van der Waals surface area contributed by atoms with Crippen molar-refractivity contribution in [3.05, 3.63) is 59.7 Å². The molecule has 1 unspecified atom stereocenters. The van der Waals surface area contributed by atoms with Crippen LogP contribution in [0.5, 0.6) is 0 Å². The number of amides is 2. The molecule has 0 saturated heterocycles. The summed E-state index contributed by atoms with van der Waals surface area (Å²) in [5.74, 6) is -1.73. The Balaban J connectivity index is 1.62. The molecule has 1 aliphatic rings. The van der Waals surface area contributed by atoms with Crippen molar-refractivity contribution >= 4 is 18.0 Å². The smallest absolute Gasteiger partial charge is 0.407 e. The third-order valence-electron chi connectivity index (χ3n) is 6.32. The van der Waals surface area contributed by atoms with E-state index in [1.165, 1.54) is 14.0 Å². The first-order chi connectivity index (χ1) is 16.8. The molecule has 0 spiro atoms. The first-order valence-corrected chi connectivity index (χ1v) is 11.9. The number of ether oxygens (including phenoxy) is 2. The van der Waals surface area contributed by atoms with Crippen molar-refractivity contribution in [2.24, 2.45) is 0 Å². The summed E-state index contributed by atoms with van der Waals surface area (Å²) in [7, 11) is 1.37. The Morgan fingerprint density at radius 3 is 2.20 bits per heavy atom. The van der Waals surface area contributed by atoms with Gasteiger partial charge < -0.3 is 25.2 Å². The van der Waals surface area contributed by atoms with Crippen molar-refractivity contribution in [3.8, 4) is 11.1 Å². The number of carboxylic acid groups (broad SMARTS) is 1. The van der Waals surface area contributed by atoms with Gasteiger partial charge in [0, 0.05) is 25.5 Å². The lowest BCUT2D eigenvalue weighted by atomic mass is 9.98. The molecular formula is C27H34N2O6. The second kappa shape index (κ2) is 11.8. The number of nitrogens with one attached hydrogen (secondary N) is 2. The number of hydrogen-bond donors (Lipinski definition) is 3. The highest BCUT2D eigenvalue weighted by Gasteiger charge is 2.35. The largest absolute Gasteiger partial charge is 0.479 e. The average Bonchev–Trinajstić information content (AvgIpc) is 3.15. The summed E-state index contributed by atoms with van der Waals surface area (Å²) >= 11 is 0. The highest BCUT2D eigenvalue weighted by molar-refractivity contribution is 5.87. The number of methoxy groups -OCH3 is 1. The average molecular weight is 483 g/mol. The molecule has 188 valence electrons. The second-order valence-corrected chi connectivity index (χ2v) is 9.13. The van der Waals surface area contributed by atoms with Crippen LogP contribution in [0.25, 0.3) is 11.1 Å². The lowest BCUT2D eigenvalue weighted by Gasteiger charge is -2.26. The number of aliphatic carboxylic acids is 1. The third kappa shape index (κ3) is 6.39. The highest BCUT2D eigenvalue weighted by Crippen LogP contribution is 2.44. The molecule has 0 aliphatic heterocycles. The molecule has 8 nitrogen and oxygen atoms in total. The molecule has 0 fully saturated rings. The SMILES string of the molecule is CCCC[C@@H](CC(=O)NC(C)(COC)C(=O)O)NC(=O)OCC1c2ccccc2-c2ccccc21. The molecule has 8 heteroatoms. The summed E-state index contributed by atoms with van der Waals surface area (Å²) in [5, 5.41) is 14.8. The number of unbranched alkanes of at least 4 members (excludes halogenated alkanes) is 1. The normalized spacial score (nSPS) is 14.8. The van der Waals surface area contributed by atoms with Gasteiger partial charge in [0.05, 0.1) is 6.61 Å². The Morgan fingerprint density at radius 2 is 1.66 bits per heavy atom. The minimum absolute atomic E-state index is 0.0588. The van der Waals surface area contributed by atoms with Crippen LogP contribution in [-0.2, 0) is 19.1 Å². The Hall–Kier alpha value is -3.39. The van der Waals surface area contributed by atoms with Gasteiger partial charge in [-0.2, -0.15) is 0 Å². The van der Waals surface area contributed by atoms with Crippen molar-refractivity contribution in [2.75, 3.05) is 20.3 Å². The summed E-state index contributed by atoms with van der Waals surface area (Å²) < 4.78 is 10.6. The van der Waals surface area contributed by atoms with Crippen molar-refractivity contribution < 1.29 is 29.0 Å². The van der Waals surface area contributed by atoms with E-state index in [1.54, 1.807) is 0 Å². The summed E-state index contributed by atoms with van der Waals surface area (Å²) in [6.07, 6.45) is 1.61. The Morgan fingerprint density at radius 1 is 1.06 bits per heavy atom. The molecule has 1 aliphatic carbocycles. The van der Waals surface area contributed by atoms with Crippen LogP contribution in [0.2, 0.25) is 0 Å². The summed E-state index contributed by atoms with van der Waals surface area (Å²) in [6.45, 7) is 3.41. The monoisotopic (exact) mass is 482 g/mol.